The highest BCUT2D eigenvalue weighted by atomic mass is 28.6. The lowest BCUT2D eigenvalue weighted by atomic mass is 11.8. The van der Waals surface area contributed by atoms with Crippen LogP contribution >= 0.6 is 0 Å². The summed E-state index contributed by atoms with van der Waals surface area (Å²) in [5.74, 6) is 0. The maximum atomic E-state index is 6.92. The second-order valence-electron chi connectivity index (χ2n) is 18.2. The second kappa shape index (κ2) is 21.4. The minimum absolute atomic E-state index is 0. The standard InChI is InChI=1S/C24H76O12Si13.2CH4/c1-37(25-45(17,18)33-41(5,6)7)29-49(30-38(2)26-46(19,20)34-42(8,9)10,31-39(3)27-47(21,22)35-43(11,12)13)32-40(4)28-48(23,24)36-44(14,15)16;;/h37-40H,1-24H3;2*1H4. The maximum Gasteiger partial charge on any atom is 0.642 e. The molecule has 0 heterocycles. The predicted molar refractivity (Wildman–Crippen MR) is 248 cm³/mol. The fraction of sp³-hybridized carbons (Fsp3) is 1.00. The van der Waals surface area contributed by atoms with Gasteiger partial charge in [-0.2, -0.15) is 0 Å². The van der Waals surface area contributed by atoms with Crippen molar-refractivity contribution in [2.24, 2.45) is 0 Å². The van der Waals surface area contributed by atoms with Gasteiger partial charge in [0.15, 0.2) is 33.3 Å². The minimum atomic E-state index is -4.02. The SMILES string of the molecule is C.C.C[SiH](O[Si](C)(C)O[Si](C)(C)C)O[Si](O[SiH](C)O[Si](C)(C)O[Si](C)(C)C)(O[SiH](C)O[Si](C)(C)O[Si](C)(C)C)O[SiH](C)O[Si](C)(C)O[Si](C)(C)C. The normalized spacial score (nSPS) is 17.9. The fourth-order valence-corrected chi connectivity index (χ4v) is 57.9. The molecular formula is C26H84O12Si13. The van der Waals surface area contributed by atoms with Gasteiger partial charge in [0.05, 0.1) is 0 Å². The molecule has 0 bridgehead atoms. The molecule has 4 unspecified atom stereocenters. The van der Waals surface area contributed by atoms with Gasteiger partial charge in [-0.05, 0) is 157 Å². The largest absolute Gasteiger partial charge is 0.642 e. The summed E-state index contributed by atoms with van der Waals surface area (Å²) in [6.07, 6.45) is 0. The summed E-state index contributed by atoms with van der Waals surface area (Å²) < 4.78 is 80.5. The monoisotopic (exact) mass is 952 g/mol. The van der Waals surface area contributed by atoms with E-state index in [9.17, 15) is 0 Å². The van der Waals surface area contributed by atoms with Gasteiger partial charge in [0.1, 0.15) is 0 Å². The lowest BCUT2D eigenvalue weighted by Gasteiger charge is -2.41. The number of hydrogen-bond donors (Lipinski definition) is 0. The van der Waals surface area contributed by atoms with Crippen LogP contribution < -0.4 is 0 Å². The molecule has 0 aliphatic heterocycles. The highest BCUT2D eigenvalue weighted by Crippen LogP contribution is 2.27. The van der Waals surface area contributed by atoms with E-state index in [1.54, 1.807) is 0 Å². The average molecular weight is 954 g/mol. The Morgan fingerprint density at radius 3 is 0.510 bits per heavy atom. The molecule has 51 heavy (non-hydrogen) atoms. The Hall–Kier alpha value is 2.34. The highest BCUT2D eigenvalue weighted by Gasteiger charge is 2.54. The third-order valence-electron chi connectivity index (χ3n) is 5.25. The van der Waals surface area contributed by atoms with E-state index >= 15 is 0 Å². The van der Waals surface area contributed by atoms with Crippen molar-refractivity contribution in [3.05, 3.63) is 0 Å². The van der Waals surface area contributed by atoms with E-state index in [2.05, 4.69) is 131 Å². The molecule has 0 N–H and O–H groups in total. The summed E-state index contributed by atoms with van der Waals surface area (Å²) >= 11 is 0. The van der Waals surface area contributed by atoms with E-state index in [0.717, 1.165) is 0 Å². The first-order valence-electron chi connectivity index (χ1n) is 17.5. The Balaban J connectivity index is -0.0000115. The third-order valence-corrected chi connectivity index (χ3v) is 47.2. The van der Waals surface area contributed by atoms with Crippen LogP contribution in [-0.2, 0) is 49.4 Å². The minimum Gasteiger partial charge on any atom is -0.437 e. The van der Waals surface area contributed by atoms with Gasteiger partial charge in [0.2, 0.25) is 0 Å². The molecule has 0 rings (SSSR count). The van der Waals surface area contributed by atoms with Crippen molar-refractivity contribution in [2.75, 3.05) is 0 Å². The molecule has 0 saturated carbocycles. The van der Waals surface area contributed by atoms with Gasteiger partial charge in [-0.1, -0.05) is 14.9 Å². The zero-order valence-corrected chi connectivity index (χ0v) is 49.3. The molecule has 0 aliphatic rings. The van der Waals surface area contributed by atoms with Gasteiger partial charge < -0.3 is 49.4 Å². The summed E-state index contributed by atoms with van der Waals surface area (Å²) in [4.78, 5) is 0. The molecule has 0 aromatic rings. The topological polar surface area (TPSA) is 111 Å². The summed E-state index contributed by atoms with van der Waals surface area (Å²) in [5, 5.41) is 0. The smallest absolute Gasteiger partial charge is 0.437 e. The van der Waals surface area contributed by atoms with Crippen molar-refractivity contribution < 1.29 is 49.4 Å². The summed E-state index contributed by atoms with van der Waals surface area (Å²) in [5.41, 5.74) is 0. The van der Waals surface area contributed by atoms with E-state index in [0.29, 0.717) is 0 Å². The number of rotatable bonds is 24. The van der Waals surface area contributed by atoms with Gasteiger partial charge in [0, 0.05) is 0 Å². The molecule has 0 radical (unpaired) electrons. The van der Waals surface area contributed by atoms with Crippen LogP contribution in [0.15, 0.2) is 0 Å². The van der Waals surface area contributed by atoms with Crippen LogP contribution in [0.5, 0.6) is 0 Å². The van der Waals surface area contributed by atoms with Gasteiger partial charge in [-0.15, -0.1) is 0 Å². The highest BCUT2D eigenvalue weighted by molar-refractivity contribution is 6.89. The van der Waals surface area contributed by atoms with Crippen molar-refractivity contribution in [3.8, 4) is 0 Å². The van der Waals surface area contributed by atoms with Gasteiger partial charge >= 0.3 is 80.4 Å². The van der Waals surface area contributed by atoms with Crippen LogP contribution in [0.2, 0.25) is 157 Å². The van der Waals surface area contributed by atoms with Crippen LogP contribution in [0.4, 0.5) is 0 Å². The molecule has 0 aromatic heterocycles. The quantitative estimate of drug-likeness (QED) is 0.0867. The van der Waals surface area contributed by atoms with Crippen LogP contribution in [0.1, 0.15) is 14.9 Å². The van der Waals surface area contributed by atoms with Crippen molar-refractivity contribution in [1.29, 1.82) is 0 Å². The Morgan fingerprint density at radius 2 is 0.392 bits per heavy atom. The molecule has 0 saturated heterocycles. The van der Waals surface area contributed by atoms with E-state index < -0.39 is 114 Å². The Labute approximate surface area is 333 Å². The molecular weight excluding hydrogens is 869 g/mol. The van der Waals surface area contributed by atoms with Crippen molar-refractivity contribution in [3.63, 3.8) is 0 Å². The zero-order valence-electron chi connectivity index (χ0n) is 35.7. The lowest BCUT2D eigenvalue weighted by Crippen LogP contribution is -2.63. The predicted octanol–water partition coefficient (Wildman–Crippen LogP) is 8.44. The first-order valence-corrected chi connectivity index (χ1v) is 52.4. The van der Waals surface area contributed by atoms with Gasteiger partial charge in [0.25, 0.3) is 0 Å². The maximum absolute atomic E-state index is 6.92. The van der Waals surface area contributed by atoms with Crippen LogP contribution in [0.25, 0.3) is 0 Å². The Morgan fingerprint density at radius 1 is 0.255 bits per heavy atom. The van der Waals surface area contributed by atoms with E-state index in [1.165, 1.54) is 0 Å². The van der Waals surface area contributed by atoms with E-state index in [4.69, 9.17) is 49.4 Å². The summed E-state index contributed by atoms with van der Waals surface area (Å²) in [6, 6.07) is 0. The Kier molecular flexibility index (Phi) is 24.2. The van der Waals surface area contributed by atoms with Crippen LogP contribution in [-0.4, -0.2) is 114 Å². The van der Waals surface area contributed by atoms with Crippen molar-refractivity contribution in [1.82, 2.24) is 0 Å². The molecule has 0 aliphatic carbocycles. The van der Waals surface area contributed by atoms with E-state index in [-0.39, 0.29) is 14.9 Å². The van der Waals surface area contributed by atoms with E-state index in [1.807, 2.05) is 26.2 Å². The molecule has 0 amide bonds. The molecule has 4 atom stereocenters. The second-order valence-corrected chi connectivity index (χ2v) is 62.6. The molecule has 312 valence electrons. The molecule has 25 heteroatoms. The van der Waals surface area contributed by atoms with Gasteiger partial charge in [-0.25, -0.2) is 0 Å². The fourth-order valence-electron chi connectivity index (χ4n) is 5.72. The van der Waals surface area contributed by atoms with Gasteiger partial charge in [-0.3, -0.25) is 0 Å². The molecule has 0 aromatic carbocycles. The van der Waals surface area contributed by atoms with Crippen LogP contribution in [0, 0.1) is 0 Å². The first kappa shape index (κ1) is 57.7. The molecule has 0 spiro atoms. The molecule has 12 nitrogen and oxygen atoms in total. The van der Waals surface area contributed by atoms with Crippen LogP contribution in [0.3, 0.4) is 0 Å². The van der Waals surface area contributed by atoms with Crippen molar-refractivity contribution >= 4 is 114 Å². The average Bonchev–Trinajstić information content (AvgIpc) is 2.62. The van der Waals surface area contributed by atoms with Crippen molar-refractivity contribution in [2.45, 2.75) is 172 Å². The summed E-state index contributed by atoms with van der Waals surface area (Å²) in [7, 11) is -31.6. The molecule has 0 fully saturated rings. The summed E-state index contributed by atoms with van der Waals surface area (Å²) in [6.45, 7) is 50.5. The number of hydrogen-bond acceptors (Lipinski definition) is 12. The Bertz CT molecular complexity index is 843. The first-order chi connectivity index (χ1) is 21.2. The lowest BCUT2D eigenvalue weighted by molar-refractivity contribution is 0.117. The third kappa shape index (κ3) is 30.1. The zero-order chi connectivity index (χ0) is 39.3.